The van der Waals surface area contributed by atoms with E-state index < -0.39 is 11.1 Å². The summed E-state index contributed by atoms with van der Waals surface area (Å²) in [4.78, 5) is 5.25. The first-order chi connectivity index (χ1) is 6.24. The summed E-state index contributed by atoms with van der Waals surface area (Å²) in [5, 5.41) is 0. The molecule has 0 aliphatic rings. The molecule has 1 unspecified atom stereocenters. The van der Waals surface area contributed by atoms with Crippen LogP contribution in [0.2, 0.25) is 0 Å². The molecule has 0 N–H and O–H groups in total. The van der Waals surface area contributed by atoms with E-state index in [1.165, 1.54) is 19.2 Å². The van der Waals surface area contributed by atoms with Gasteiger partial charge >= 0.3 is 29.6 Å². The number of benzene rings is 1. The SMILES string of the molecule is COOSc1cccc(S(=O)[O-])c1.[Na+]. The van der Waals surface area contributed by atoms with Gasteiger partial charge in [0.25, 0.3) is 0 Å². The van der Waals surface area contributed by atoms with Crippen molar-refractivity contribution in [2.24, 2.45) is 0 Å². The van der Waals surface area contributed by atoms with Crippen LogP contribution in [0.1, 0.15) is 0 Å². The summed E-state index contributed by atoms with van der Waals surface area (Å²) in [7, 11) is 1.38. The van der Waals surface area contributed by atoms with Crippen LogP contribution in [0.4, 0.5) is 0 Å². The molecule has 0 saturated carbocycles. The Kier molecular flexibility index (Phi) is 8.17. The van der Waals surface area contributed by atoms with Gasteiger partial charge in [0, 0.05) is 9.79 Å². The molecular weight excluding hydrogens is 235 g/mol. The molecule has 0 amide bonds. The first-order valence-corrected chi connectivity index (χ1v) is 5.12. The minimum atomic E-state index is -2.20. The molecule has 1 rings (SSSR count). The Morgan fingerprint density at radius 2 is 2.21 bits per heavy atom. The van der Waals surface area contributed by atoms with E-state index in [-0.39, 0.29) is 34.5 Å². The normalized spacial score (nSPS) is 11.9. The Hall–Kier alpha value is 0.600. The monoisotopic (exact) mass is 242 g/mol. The number of hydrogen-bond donors (Lipinski definition) is 0. The summed E-state index contributed by atoms with van der Waals surface area (Å²) < 4.78 is 25.7. The van der Waals surface area contributed by atoms with Gasteiger partial charge in [0.15, 0.2) is 0 Å². The molecule has 0 aromatic heterocycles. The molecule has 0 fully saturated rings. The molecule has 1 aromatic carbocycles. The fraction of sp³-hybridized carbons (Fsp3) is 0.143. The fourth-order valence-corrected chi connectivity index (χ4v) is 1.65. The van der Waals surface area contributed by atoms with Crippen molar-refractivity contribution >= 4 is 23.1 Å². The predicted octanol–water partition coefficient (Wildman–Crippen LogP) is -1.49. The van der Waals surface area contributed by atoms with Gasteiger partial charge in [-0.25, -0.2) is 4.89 Å². The van der Waals surface area contributed by atoms with E-state index in [2.05, 4.69) is 9.22 Å². The van der Waals surface area contributed by atoms with Gasteiger partial charge in [0.05, 0.1) is 19.2 Å². The van der Waals surface area contributed by atoms with Crippen molar-refractivity contribution in [3.8, 4) is 0 Å². The van der Waals surface area contributed by atoms with E-state index in [1.54, 1.807) is 12.1 Å². The van der Waals surface area contributed by atoms with Crippen molar-refractivity contribution in [3.63, 3.8) is 0 Å². The first-order valence-electron chi connectivity index (χ1n) is 3.30. The van der Waals surface area contributed by atoms with Crippen LogP contribution >= 0.6 is 12.0 Å². The van der Waals surface area contributed by atoms with Gasteiger partial charge in [-0.3, -0.25) is 4.21 Å². The average molecular weight is 242 g/mol. The van der Waals surface area contributed by atoms with Gasteiger partial charge in [0.1, 0.15) is 0 Å². The van der Waals surface area contributed by atoms with Crippen LogP contribution < -0.4 is 29.6 Å². The van der Waals surface area contributed by atoms with Crippen molar-refractivity contribution in [2.45, 2.75) is 9.79 Å². The minimum absolute atomic E-state index is 0. The summed E-state index contributed by atoms with van der Waals surface area (Å²) >= 11 is -1.25. The van der Waals surface area contributed by atoms with E-state index in [0.717, 1.165) is 12.0 Å². The van der Waals surface area contributed by atoms with Crippen LogP contribution in [0.25, 0.3) is 0 Å². The van der Waals surface area contributed by atoms with Crippen LogP contribution in [0, 0.1) is 0 Å². The maximum absolute atomic E-state index is 10.5. The van der Waals surface area contributed by atoms with E-state index in [9.17, 15) is 8.76 Å². The molecule has 0 saturated heterocycles. The fourth-order valence-electron chi connectivity index (χ4n) is 0.703. The number of hydrogen-bond acceptors (Lipinski definition) is 5. The van der Waals surface area contributed by atoms with Gasteiger partial charge in [-0.2, -0.15) is 4.33 Å². The van der Waals surface area contributed by atoms with Gasteiger partial charge in [-0.1, -0.05) is 6.07 Å². The quantitative estimate of drug-likeness (QED) is 0.212. The van der Waals surface area contributed by atoms with Crippen LogP contribution in [-0.2, 0) is 20.3 Å². The molecule has 0 spiro atoms. The summed E-state index contributed by atoms with van der Waals surface area (Å²) in [5.74, 6) is 0. The third-order valence-corrected chi connectivity index (χ3v) is 2.49. The second-order valence-electron chi connectivity index (χ2n) is 2.03. The zero-order chi connectivity index (χ0) is 9.68. The standard InChI is InChI=1S/C7H8O4S2.Na/c1-10-11-12-6-3-2-4-7(5-6)13(8)9;/h2-5H,1H3,(H,8,9);/q;+1/p-1. The minimum Gasteiger partial charge on any atom is -0.768 e. The summed E-state index contributed by atoms with van der Waals surface area (Å²) in [5.41, 5.74) is 0. The Morgan fingerprint density at radius 3 is 2.79 bits per heavy atom. The number of rotatable bonds is 4. The van der Waals surface area contributed by atoms with Crippen molar-refractivity contribution in [1.82, 2.24) is 0 Å². The second-order valence-corrected chi connectivity index (χ2v) is 3.74. The Bertz CT molecular complexity index is 307. The molecule has 0 heterocycles. The summed E-state index contributed by atoms with van der Waals surface area (Å²) in [6.45, 7) is 0. The molecule has 4 nitrogen and oxygen atoms in total. The topological polar surface area (TPSA) is 58.6 Å². The van der Waals surface area contributed by atoms with Gasteiger partial charge in [-0.15, -0.1) is 0 Å². The smallest absolute Gasteiger partial charge is 0.768 e. The van der Waals surface area contributed by atoms with Crippen LogP contribution in [0.5, 0.6) is 0 Å². The molecule has 0 aliphatic carbocycles. The third-order valence-electron chi connectivity index (χ3n) is 1.20. The molecule has 72 valence electrons. The first kappa shape index (κ1) is 14.6. The van der Waals surface area contributed by atoms with Gasteiger partial charge in [-0.05, 0) is 29.3 Å². The van der Waals surface area contributed by atoms with Crippen molar-refractivity contribution < 1.29 is 47.5 Å². The zero-order valence-electron chi connectivity index (χ0n) is 7.76. The van der Waals surface area contributed by atoms with Gasteiger partial charge < -0.3 is 4.55 Å². The van der Waals surface area contributed by atoms with Crippen LogP contribution in [0.3, 0.4) is 0 Å². The molecule has 0 aliphatic heterocycles. The molecule has 1 aromatic rings. The summed E-state index contributed by atoms with van der Waals surface area (Å²) in [6, 6.07) is 6.35. The van der Waals surface area contributed by atoms with E-state index in [4.69, 9.17) is 0 Å². The maximum Gasteiger partial charge on any atom is 1.00 e. The maximum atomic E-state index is 10.5. The van der Waals surface area contributed by atoms with E-state index in [1.807, 2.05) is 0 Å². The Balaban J connectivity index is 0.00000169. The zero-order valence-corrected chi connectivity index (χ0v) is 11.4. The van der Waals surface area contributed by atoms with Crippen molar-refractivity contribution in [1.29, 1.82) is 0 Å². The van der Waals surface area contributed by atoms with E-state index >= 15 is 0 Å². The molecule has 1 atom stereocenters. The molecular formula is C7H7NaO4S2. The van der Waals surface area contributed by atoms with Crippen molar-refractivity contribution in [2.75, 3.05) is 7.11 Å². The predicted molar refractivity (Wildman–Crippen MR) is 47.6 cm³/mol. The van der Waals surface area contributed by atoms with Crippen molar-refractivity contribution in [3.05, 3.63) is 24.3 Å². The van der Waals surface area contributed by atoms with Crippen LogP contribution in [-0.4, -0.2) is 15.9 Å². The third kappa shape index (κ3) is 4.90. The molecule has 0 bridgehead atoms. The molecule has 7 heteroatoms. The van der Waals surface area contributed by atoms with Crippen LogP contribution in [0.15, 0.2) is 34.1 Å². The second kappa shape index (κ2) is 7.84. The molecule has 0 radical (unpaired) electrons. The summed E-state index contributed by atoms with van der Waals surface area (Å²) in [6.07, 6.45) is 0. The largest absolute Gasteiger partial charge is 1.00 e. The van der Waals surface area contributed by atoms with E-state index in [0.29, 0.717) is 4.90 Å². The molecule has 14 heavy (non-hydrogen) atoms. The Morgan fingerprint density at radius 1 is 1.50 bits per heavy atom. The average Bonchev–Trinajstić information content (AvgIpc) is 2.15. The van der Waals surface area contributed by atoms with Gasteiger partial charge in [0.2, 0.25) is 0 Å². The Labute approximate surface area is 111 Å².